The summed E-state index contributed by atoms with van der Waals surface area (Å²) in [5.74, 6) is -0.747. The number of rotatable bonds is 5. The number of sulfonamides is 1. The molecule has 0 aliphatic rings. The van der Waals surface area contributed by atoms with Crippen molar-refractivity contribution < 1.29 is 26.4 Å². The molecule has 0 saturated heterocycles. The second-order valence-electron chi connectivity index (χ2n) is 7.31. The van der Waals surface area contributed by atoms with Crippen LogP contribution in [0.1, 0.15) is 15.9 Å². The average molecular weight is 522 g/mol. The number of nitrogens with one attached hydrogen (secondary N) is 1. The Hall–Kier alpha value is -3.74. The van der Waals surface area contributed by atoms with E-state index in [9.17, 15) is 26.4 Å². The lowest BCUT2D eigenvalue weighted by molar-refractivity contribution is -0.137. The van der Waals surface area contributed by atoms with E-state index in [-0.39, 0.29) is 10.5 Å². The molecule has 1 amide bonds. The van der Waals surface area contributed by atoms with Crippen LogP contribution in [0.4, 0.5) is 18.9 Å². The van der Waals surface area contributed by atoms with Gasteiger partial charge in [-0.1, -0.05) is 28.9 Å². The number of nitrogens with zero attached hydrogens (tertiary/aromatic N) is 3. The molecular formula is C22H15ClF3N5O3S. The lowest BCUT2D eigenvalue weighted by Crippen LogP contribution is -2.14. The predicted molar refractivity (Wildman–Crippen MR) is 123 cm³/mol. The zero-order valence-electron chi connectivity index (χ0n) is 17.5. The third-order valence-electron chi connectivity index (χ3n) is 4.87. The summed E-state index contributed by atoms with van der Waals surface area (Å²) in [4.78, 5) is 12.5. The van der Waals surface area contributed by atoms with Gasteiger partial charge in [0.15, 0.2) is 0 Å². The van der Waals surface area contributed by atoms with Crippen molar-refractivity contribution in [3.63, 3.8) is 0 Å². The number of anilines is 1. The van der Waals surface area contributed by atoms with Crippen LogP contribution in [0.2, 0.25) is 5.02 Å². The van der Waals surface area contributed by atoms with E-state index in [0.29, 0.717) is 28.7 Å². The summed E-state index contributed by atoms with van der Waals surface area (Å²) in [6.07, 6.45) is -3.11. The Kier molecular flexibility index (Phi) is 6.36. The van der Waals surface area contributed by atoms with Gasteiger partial charge in [0.25, 0.3) is 5.91 Å². The minimum absolute atomic E-state index is 0.0481. The molecule has 0 bridgehead atoms. The number of primary sulfonamides is 1. The fraction of sp³-hybridized carbons (Fsp3) is 0.0455. The van der Waals surface area contributed by atoms with Crippen LogP contribution in [0.15, 0.2) is 77.8 Å². The molecule has 4 aromatic rings. The number of carbonyl (C=O) groups is 1. The van der Waals surface area contributed by atoms with Crippen LogP contribution in [0, 0.1) is 0 Å². The number of hydrogen-bond donors (Lipinski definition) is 2. The summed E-state index contributed by atoms with van der Waals surface area (Å²) < 4.78 is 63.5. The number of hydrogen-bond acceptors (Lipinski definition) is 5. The Morgan fingerprint density at radius 3 is 2.40 bits per heavy atom. The highest BCUT2D eigenvalue weighted by Crippen LogP contribution is 2.35. The van der Waals surface area contributed by atoms with Crippen molar-refractivity contribution in [2.75, 3.05) is 5.32 Å². The first-order valence-electron chi connectivity index (χ1n) is 9.76. The van der Waals surface area contributed by atoms with Gasteiger partial charge in [0.05, 0.1) is 27.4 Å². The fourth-order valence-corrected chi connectivity index (χ4v) is 3.89. The standard InChI is InChI=1S/C22H15ClF3N5O3S/c23-19-9-4-14(11-18(19)22(24,25)26)21(32)28-15-3-1-2-13(10-15)20-12-31(30-29-20)16-5-7-17(8-6-16)35(27,33)34/h1-12H,(H,28,32)(H2,27,33,34). The van der Waals surface area contributed by atoms with E-state index in [1.807, 2.05) is 0 Å². The van der Waals surface area contributed by atoms with E-state index in [0.717, 1.165) is 6.07 Å². The Morgan fingerprint density at radius 2 is 1.74 bits per heavy atom. The molecule has 0 unspecified atom stereocenters. The first kappa shape index (κ1) is 24.4. The van der Waals surface area contributed by atoms with Crippen LogP contribution in [-0.4, -0.2) is 29.3 Å². The molecule has 4 rings (SSSR count). The maximum atomic E-state index is 13.1. The van der Waals surface area contributed by atoms with Gasteiger partial charge in [-0.3, -0.25) is 4.79 Å². The number of amides is 1. The van der Waals surface area contributed by atoms with Crippen molar-refractivity contribution in [1.82, 2.24) is 15.0 Å². The Balaban J connectivity index is 1.54. The van der Waals surface area contributed by atoms with E-state index in [1.54, 1.807) is 30.5 Å². The molecule has 3 N–H and O–H groups in total. The molecule has 0 fully saturated rings. The molecule has 3 aromatic carbocycles. The first-order chi connectivity index (χ1) is 16.4. The topological polar surface area (TPSA) is 120 Å². The van der Waals surface area contributed by atoms with Gasteiger partial charge in [-0.2, -0.15) is 13.2 Å². The van der Waals surface area contributed by atoms with Gasteiger partial charge in [-0.15, -0.1) is 5.10 Å². The van der Waals surface area contributed by atoms with Crippen molar-refractivity contribution in [2.45, 2.75) is 11.1 Å². The third-order valence-corrected chi connectivity index (χ3v) is 6.13. The minimum Gasteiger partial charge on any atom is -0.322 e. The van der Waals surface area contributed by atoms with E-state index in [2.05, 4.69) is 15.6 Å². The second-order valence-corrected chi connectivity index (χ2v) is 9.28. The summed E-state index contributed by atoms with van der Waals surface area (Å²) in [5.41, 5.74) is 0.548. The van der Waals surface area contributed by atoms with Crippen molar-refractivity contribution in [1.29, 1.82) is 0 Å². The van der Waals surface area contributed by atoms with Crippen LogP contribution >= 0.6 is 11.6 Å². The van der Waals surface area contributed by atoms with Gasteiger partial charge < -0.3 is 5.32 Å². The second kappa shape index (κ2) is 9.13. The molecule has 0 saturated carbocycles. The summed E-state index contributed by atoms with van der Waals surface area (Å²) in [6.45, 7) is 0. The number of nitrogens with two attached hydrogens (primary N) is 1. The molecule has 180 valence electrons. The lowest BCUT2D eigenvalue weighted by Gasteiger charge is -2.11. The molecule has 0 atom stereocenters. The smallest absolute Gasteiger partial charge is 0.322 e. The molecular weight excluding hydrogens is 507 g/mol. The summed E-state index contributed by atoms with van der Waals surface area (Å²) in [5, 5.41) is 15.2. The molecule has 8 nitrogen and oxygen atoms in total. The summed E-state index contributed by atoms with van der Waals surface area (Å²) >= 11 is 5.61. The van der Waals surface area contributed by atoms with Crippen molar-refractivity contribution in [3.8, 4) is 16.9 Å². The molecule has 35 heavy (non-hydrogen) atoms. The van der Waals surface area contributed by atoms with E-state index in [4.69, 9.17) is 16.7 Å². The zero-order chi connectivity index (χ0) is 25.4. The van der Waals surface area contributed by atoms with Crippen molar-refractivity contribution in [2.24, 2.45) is 5.14 Å². The molecule has 1 heterocycles. The van der Waals surface area contributed by atoms with Crippen LogP contribution in [0.5, 0.6) is 0 Å². The predicted octanol–water partition coefficient (Wildman–Crippen LogP) is 4.51. The number of carbonyl (C=O) groups excluding carboxylic acids is 1. The summed E-state index contributed by atoms with van der Waals surface area (Å²) in [6, 6.07) is 15.1. The van der Waals surface area contributed by atoms with E-state index < -0.39 is 32.7 Å². The number of alkyl halides is 3. The SMILES string of the molecule is NS(=O)(=O)c1ccc(-n2cc(-c3cccc(NC(=O)c4ccc(Cl)c(C(F)(F)F)c4)c3)nn2)cc1. The molecule has 0 aliphatic carbocycles. The van der Waals surface area contributed by atoms with Crippen LogP contribution in [0.3, 0.4) is 0 Å². The first-order valence-corrected chi connectivity index (χ1v) is 11.7. The molecule has 13 heteroatoms. The van der Waals surface area contributed by atoms with E-state index >= 15 is 0 Å². The average Bonchev–Trinajstić information content (AvgIpc) is 3.29. The Morgan fingerprint density at radius 1 is 1.03 bits per heavy atom. The van der Waals surface area contributed by atoms with Gasteiger partial charge in [0.1, 0.15) is 5.69 Å². The number of halogens is 4. The van der Waals surface area contributed by atoms with Crippen molar-refractivity contribution >= 4 is 33.2 Å². The van der Waals surface area contributed by atoms with Gasteiger partial charge >= 0.3 is 6.18 Å². The molecule has 0 radical (unpaired) electrons. The molecule has 1 aromatic heterocycles. The quantitative estimate of drug-likeness (QED) is 0.400. The van der Waals surface area contributed by atoms with Gasteiger partial charge in [0, 0.05) is 16.8 Å². The van der Waals surface area contributed by atoms with Gasteiger partial charge in [-0.25, -0.2) is 18.2 Å². The normalized spacial score (nSPS) is 11.9. The minimum atomic E-state index is -4.70. The number of benzene rings is 3. The largest absolute Gasteiger partial charge is 0.417 e. The van der Waals surface area contributed by atoms with Crippen molar-refractivity contribution in [3.05, 3.63) is 89.1 Å². The van der Waals surface area contributed by atoms with Crippen LogP contribution in [0.25, 0.3) is 16.9 Å². The molecule has 0 spiro atoms. The molecule has 0 aliphatic heterocycles. The maximum absolute atomic E-state index is 13.1. The fourth-order valence-electron chi connectivity index (χ4n) is 3.15. The van der Waals surface area contributed by atoms with Gasteiger partial charge in [0.2, 0.25) is 10.0 Å². The Bertz CT molecular complexity index is 1520. The highest BCUT2D eigenvalue weighted by Gasteiger charge is 2.33. The number of aromatic nitrogens is 3. The monoisotopic (exact) mass is 521 g/mol. The van der Waals surface area contributed by atoms with Crippen LogP contribution < -0.4 is 10.5 Å². The van der Waals surface area contributed by atoms with Crippen LogP contribution in [-0.2, 0) is 16.2 Å². The van der Waals surface area contributed by atoms with E-state index in [1.165, 1.54) is 35.0 Å². The third kappa shape index (κ3) is 5.50. The lowest BCUT2D eigenvalue weighted by atomic mass is 10.1. The Labute approximate surface area is 202 Å². The highest BCUT2D eigenvalue weighted by atomic mass is 35.5. The maximum Gasteiger partial charge on any atom is 0.417 e. The zero-order valence-corrected chi connectivity index (χ0v) is 19.1. The highest BCUT2D eigenvalue weighted by molar-refractivity contribution is 7.89. The van der Waals surface area contributed by atoms with Gasteiger partial charge in [-0.05, 0) is 54.6 Å². The summed E-state index contributed by atoms with van der Waals surface area (Å²) in [7, 11) is -3.83.